The lowest BCUT2D eigenvalue weighted by molar-refractivity contribution is 1.34. The number of aryl methyl sites for hydroxylation is 1. The molecule has 0 saturated carbocycles. The minimum atomic E-state index is 0.663. The van der Waals surface area contributed by atoms with E-state index in [0.717, 1.165) is 20.1 Å². The van der Waals surface area contributed by atoms with Gasteiger partial charge in [-0.15, -0.1) is 24.0 Å². The third-order valence-electron chi connectivity index (χ3n) is 1.56. The third kappa shape index (κ3) is 1.32. The number of aromatic nitrogens is 1. The number of rotatable bonds is 0. The predicted octanol–water partition coefficient (Wildman–Crippen LogP) is 3.55. The fourth-order valence-corrected chi connectivity index (χ4v) is 2.34. The van der Waals surface area contributed by atoms with Crippen LogP contribution in [-0.4, -0.2) is 4.98 Å². The van der Waals surface area contributed by atoms with E-state index in [1.165, 1.54) is 0 Å². The predicted molar refractivity (Wildman–Crippen MR) is 56.6 cm³/mol. The maximum absolute atomic E-state index is 5.89. The molecule has 0 aliphatic rings. The highest BCUT2D eigenvalue weighted by molar-refractivity contribution is 7.80. The minimum absolute atomic E-state index is 0.663. The Bertz CT molecular complexity index is 397. The molecule has 1 aromatic heterocycles. The molecule has 62 valence electrons. The van der Waals surface area contributed by atoms with E-state index < -0.39 is 0 Å². The normalized spacial score (nSPS) is 10.9. The van der Waals surface area contributed by atoms with Crippen molar-refractivity contribution in [2.75, 3.05) is 0 Å². The molecule has 4 heteroatoms. The molecule has 1 aromatic carbocycles. The molecule has 12 heavy (non-hydrogen) atoms. The van der Waals surface area contributed by atoms with Gasteiger partial charge in [-0.1, -0.05) is 11.6 Å². The molecule has 0 N–H and O–H groups in total. The molecule has 2 rings (SSSR count). The number of benzene rings is 1. The van der Waals surface area contributed by atoms with Crippen molar-refractivity contribution in [3.05, 3.63) is 22.2 Å². The van der Waals surface area contributed by atoms with Crippen molar-refractivity contribution in [1.29, 1.82) is 0 Å². The molecular formula is C8H6ClNS2. The summed E-state index contributed by atoms with van der Waals surface area (Å²) in [7, 11) is 0. The van der Waals surface area contributed by atoms with Crippen molar-refractivity contribution >= 4 is 45.8 Å². The summed E-state index contributed by atoms with van der Waals surface area (Å²) in [6.07, 6.45) is 0. The molecular weight excluding hydrogens is 210 g/mol. The molecule has 0 unspecified atom stereocenters. The van der Waals surface area contributed by atoms with Crippen LogP contribution in [0.3, 0.4) is 0 Å². The molecule has 0 aliphatic carbocycles. The van der Waals surface area contributed by atoms with Gasteiger partial charge in [0.1, 0.15) is 0 Å². The van der Waals surface area contributed by atoms with Gasteiger partial charge in [-0.2, -0.15) is 0 Å². The lowest BCUT2D eigenvalue weighted by atomic mass is 10.3. The van der Waals surface area contributed by atoms with Crippen LogP contribution in [-0.2, 0) is 0 Å². The molecule has 2 aromatic rings. The number of hydrogen-bond acceptors (Lipinski definition) is 3. The first-order valence-electron chi connectivity index (χ1n) is 3.42. The van der Waals surface area contributed by atoms with Crippen LogP contribution < -0.4 is 0 Å². The van der Waals surface area contributed by atoms with E-state index in [0.29, 0.717) is 5.02 Å². The van der Waals surface area contributed by atoms with Crippen LogP contribution in [0.4, 0.5) is 0 Å². The first kappa shape index (κ1) is 8.35. The van der Waals surface area contributed by atoms with Crippen LogP contribution in [0.2, 0.25) is 5.02 Å². The van der Waals surface area contributed by atoms with Gasteiger partial charge in [0.25, 0.3) is 0 Å². The fraction of sp³-hybridized carbons (Fsp3) is 0.125. The molecule has 0 saturated heterocycles. The highest BCUT2D eigenvalue weighted by atomic mass is 35.5. The number of halogens is 1. The Balaban J connectivity index is 2.83. The summed E-state index contributed by atoms with van der Waals surface area (Å²) in [4.78, 5) is 5.13. The zero-order valence-corrected chi connectivity index (χ0v) is 8.80. The quantitative estimate of drug-likeness (QED) is 0.664. The van der Waals surface area contributed by atoms with Crippen molar-refractivity contribution in [3.8, 4) is 0 Å². The SMILES string of the molecule is Cc1nc2cc(Cl)c(S)cc2s1. The second-order valence-electron chi connectivity index (χ2n) is 2.50. The molecule has 0 aliphatic heterocycles. The number of nitrogens with zero attached hydrogens (tertiary/aromatic N) is 1. The van der Waals surface area contributed by atoms with E-state index >= 15 is 0 Å². The maximum Gasteiger partial charge on any atom is 0.0907 e. The first-order valence-corrected chi connectivity index (χ1v) is 5.06. The van der Waals surface area contributed by atoms with Crippen LogP contribution in [0.1, 0.15) is 5.01 Å². The summed E-state index contributed by atoms with van der Waals surface area (Å²) in [6, 6.07) is 3.80. The van der Waals surface area contributed by atoms with Crippen LogP contribution >= 0.6 is 35.6 Å². The van der Waals surface area contributed by atoms with Crippen LogP contribution in [0.25, 0.3) is 10.2 Å². The Morgan fingerprint density at radius 2 is 2.25 bits per heavy atom. The summed E-state index contributed by atoms with van der Waals surface area (Å²) >= 11 is 11.8. The summed E-state index contributed by atoms with van der Waals surface area (Å²) in [5.41, 5.74) is 0.959. The van der Waals surface area contributed by atoms with Crippen molar-refractivity contribution in [2.24, 2.45) is 0 Å². The maximum atomic E-state index is 5.89. The number of thiol groups is 1. The van der Waals surface area contributed by atoms with E-state index in [1.807, 2.05) is 19.1 Å². The van der Waals surface area contributed by atoms with Gasteiger partial charge in [0.2, 0.25) is 0 Å². The Hall–Kier alpha value is -0.250. The van der Waals surface area contributed by atoms with Crippen molar-refractivity contribution in [2.45, 2.75) is 11.8 Å². The molecule has 0 spiro atoms. The van der Waals surface area contributed by atoms with Crippen LogP contribution in [0.5, 0.6) is 0 Å². The molecule has 0 radical (unpaired) electrons. The molecule has 1 nitrogen and oxygen atoms in total. The van der Waals surface area contributed by atoms with E-state index in [2.05, 4.69) is 17.6 Å². The zero-order valence-electron chi connectivity index (χ0n) is 6.34. The topological polar surface area (TPSA) is 12.9 Å². The minimum Gasteiger partial charge on any atom is -0.241 e. The van der Waals surface area contributed by atoms with E-state index in [1.54, 1.807) is 11.3 Å². The monoisotopic (exact) mass is 215 g/mol. The van der Waals surface area contributed by atoms with E-state index in [9.17, 15) is 0 Å². The number of thiazole rings is 1. The van der Waals surface area contributed by atoms with Gasteiger partial charge in [0, 0.05) is 4.90 Å². The molecule has 0 amide bonds. The smallest absolute Gasteiger partial charge is 0.0907 e. The van der Waals surface area contributed by atoms with E-state index in [4.69, 9.17) is 11.6 Å². The van der Waals surface area contributed by atoms with Gasteiger partial charge < -0.3 is 0 Å². The Kier molecular flexibility index (Phi) is 2.02. The third-order valence-corrected chi connectivity index (χ3v) is 3.31. The lowest BCUT2D eigenvalue weighted by Gasteiger charge is -1.94. The number of hydrogen-bond donors (Lipinski definition) is 1. The standard InChI is InChI=1S/C8H6ClNS2/c1-4-10-6-2-5(9)7(11)3-8(6)12-4/h2-3,11H,1H3. The highest BCUT2D eigenvalue weighted by Gasteiger charge is 2.03. The van der Waals surface area contributed by atoms with Gasteiger partial charge in [-0.25, -0.2) is 4.98 Å². The van der Waals surface area contributed by atoms with Crippen molar-refractivity contribution in [3.63, 3.8) is 0 Å². The number of fused-ring (bicyclic) bond motifs is 1. The summed E-state index contributed by atoms with van der Waals surface area (Å²) < 4.78 is 1.14. The second kappa shape index (κ2) is 2.91. The Labute approximate surface area is 84.8 Å². The summed E-state index contributed by atoms with van der Waals surface area (Å²) in [6.45, 7) is 1.98. The molecule has 0 fully saturated rings. The second-order valence-corrected chi connectivity index (χ2v) is 4.63. The Morgan fingerprint density at radius 1 is 1.50 bits per heavy atom. The molecule has 1 heterocycles. The lowest BCUT2D eigenvalue weighted by Crippen LogP contribution is -1.71. The average Bonchev–Trinajstić information content (AvgIpc) is 2.30. The molecule has 0 bridgehead atoms. The van der Waals surface area contributed by atoms with E-state index in [-0.39, 0.29) is 0 Å². The molecule has 0 atom stereocenters. The van der Waals surface area contributed by atoms with Crippen molar-refractivity contribution < 1.29 is 0 Å². The van der Waals surface area contributed by atoms with Gasteiger partial charge >= 0.3 is 0 Å². The van der Waals surface area contributed by atoms with Crippen molar-refractivity contribution in [1.82, 2.24) is 4.98 Å². The largest absolute Gasteiger partial charge is 0.241 e. The van der Waals surface area contributed by atoms with Crippen LogP contribution in [0, 0.1) is 6.92 Å². The fourth-order valence-electron chi connectivity index (χ4n) is 1.05. The van der Waals surface area contributed by atoms with Crippen LogP contribution in [0.15, 0.2) is 17.0 Å². The van der Waals surface area contributed by atoms with Gasteiger partial charge in [-0.05, 0) is 19.1 Å². The summed E-state index contributed by atoms with van der Waals surface area (Å²) in [5.74, 6) is 0. The Morgan fingerprint density at radius 3 is 3.00 bits per heavy atom. The van der Waals surface area contributed by atoms with Gasteiger partial charge in [-0.3, -0.25) is 0 Å². The average molecular weight is 216 g/mol. The summed E-state index contributed by atoms with van der Waals surface area (Å²) in [5, 5.41) is 1.72. The highest BCUT2D eigenvalue weighted by Crippen LogP contribution is 2.29. The van der Waals surface area contributed by atoms with Gasteiger partial charge in [0.15, 0.2) is 0 Å². The van der Waals surface area contributed by atoms with Gasteiger partial charge in [0.05, 0.1) is 20.2 Å². The zero-order chi connectivity index (χ0) is 8.72. The first-order chi connectivity index (χ1) is 5.66.